The van der Waals surface area contributed by atoms with Crippen LogP contribution in [0.3, 0.4) is 0 Å². The number of ether oxygens (including phenoxy) is 1. The molecule has 0 aliphatic rings. The Kier molecular flexibility index (Phi) is 4.30. The fraction of sp³-hybridized carbons (Fsp3) is 0.214. The molecule has 1 heterocycles. The van der Waals surface area contributed by atoms with Gasteiger partial charge in [-0.05, 0) is 29.8 Å². The Morgan fingerprint density at radius 1 is 1.19 bits per heavy atom. The van der Waals surface area contributed by atoms with Crippen molar-refractivity contribution in [3.8, 4) is 5.75 Å². The maximum absolute atomic E-state index is 13.0. The Morgan fingerprint density at radius 3 is 2.57 bits per heavy atom. The molecule has 0 fully saturated rings. The number of hydrogen-bond donors (Lipinski definition) is 1. The van der Waals surface area contributed by atoms with Crippen LogP contribution in [0.15, 0.2) is 36.4 Å². The number of anilines is 1. The van der Waals surface area contributed by atoms with Gasteiger partial charge in [-0.2, -0.15) is 17.6 Å². The van der Waals surface area contributed by atoms with E-state index >= 15 is 0 Å². The molecule has 2 rings (SSSR count). The Balaban J connectivity index is 2.23. The van der Waals surface area contributed by atoms with Crippen LogP contribution in [0.5, 0.6) is 5.75 Å². The van der Waals surface area contributed by atoms with Crippen molar-refractivity contribution in [2.24, 2.45) is 0 Å². The van der Waals surface area contributed by atoms with E-state index in [1.807, 2.05) is 0 Å². The fourth-order valence-corrected chi connectivity index (χ4v) is 1.79. The molecule has 0 bridgehead atoms. The molecule has 0 amide bonds. The van der Waals surface area contributed by atoms with Gasteiger partial charge in [-0.15, -0.1) is 0 Å². The lowest BCUT2D eigenvalue weighted by atomic mass is 10.1. The van der Waals surface area contributed by atoms with E-state index in [0.29, 0.717) is 0 Å². The summed E-state index contributed by atoms with van der Waals surface area (Å²) >= 11 is 0. The second-order valence-corrected chi connectivity index (χ2v) is 4.22. The third-order valence-corrected chi connectivity index (χ3v) is 2.80. The highest BCUT2D eigenvalue weighted by molar-refractivity contribution is 5.41. The molecule has 3 nitrogen and oxygen atoms in total. The predicted molar refractivity (Wildman–Crippen MR) is 69.5 cm³/mol. The zero-order chi connectivity index (χ0) is 15.5. The molecule has 112 valence electrons. The molecule has 0 spiro atoms. The maximum Gasteiger partial charge on any atom is 0.416 e. The van der Waals surface area contributed by atoms with Gasteiger partial charge in [-0.25, -0.2) is 4.98 Å². The number of methoxy groups -OCH3 is 1. The van der Waals surface area contributed by atoms with Crippen LogP contribution in [0.2, 0.25) is 0 Å². The SMILES string of the molecule is COc1ccc(CNc2cccc(F)n2)c(C(F)(F)F)c1. The molecular formula is C14H12F4N2O. The average Bonchev–Trinajstić information content (AvgIpc) is 2.44. The predicted octanol–water partition coefficient (Wildman–Crippen LogP) is 3.86. The van der Waals surface area contributed by atoms with E-state index in [4.69, 9.17) is 4.74 Å². The van der Waals surface area contributed by atoms with Crippen LogP contribution in [-0.4, -0.2) is 12.1 Å². The van der Waals surface area contributed by atoms with Gasteiger partial charge in [0.2, 0.25) is 5.95 Å². The van der Waals surface area contributed by atoms with Crippen LogP contribution in [0.25, 0.3) is 0 Å². The van der Waals surface area contributed by atoms with Crippen LogP contribution in [-0.2, 0) is 12.7 Å². The minimum Gasteiger partial charge on any atom is -0.497 e. The van der Waals surface area contributed by atoms with Crippen molar-refractivity contribution in [3.63, 3.8) is 0 Å². The first kappa shape index (κ1) is 15.1. The van der Waals surface area contributed by atoms with Crippen molar-refractivity contribution >= 4 is 5.82 Å². The van der Waals surface area contributed by atoms with Crippen molar-refractivity contribution in [1.29, 1.82) is 0 Å². The van der Waals surface area contributed by atoms with Gasteiger partial charge in [0.05, 0.1) is 12.7 Å². The summed E-state index contributed by atoms with van der Waals surface area (Å²) in [5.74, 6) is -0.417. The molecule has 1 aromatic heterocycles. The third-order valence-electron chi connectivity index (χ3n) is 2.80. The fourth-order valence-electron chi connectivity index (χ4n) is 1.79. The second-order valence-electron chi connectivity index (χ2n) is 4.22. The normalized spacial score (nSPS) is 11.3. The molecule has 2 aromatic rings. The molecule has 0 saturated carbocycles. The van der Waals surface area contributed by atoms with Crippen molar-refractivity contribution < 1.29 is 22.3 Å². The topological polar surface area (TPSA) is 34.1 Å². The number of alkyl halides is 3. The number of hydrogen-bond acceptors (Lipinski definition) is 3. The summed E-state index contributed by atoms with van der Waals surface area (Å²) in [5.41, 5.74) is -0.778. The quantitative estimate of drug-likeness (QED) is 0.687. The van der Waals surface area contributed by atoms with Gasteiger partial charge in [-0.1, -0.05) is 12.1 Å². The van der Waals surface area contributed by atoms with Gasteiger partial charge in [0.15, 0.2) is 0 Å². The zero-order valence-electron chi connectivity index (χ0n) is 11.0. The molecule has 7 heteroatoms. The molecule has 21 heavy (non-hydrogen) atoms. The molecule has 0 aliphatic heterocycles. The Morgan fingerprint density at radius 2 is 1.95 bits per heavy atom. The largest absolute Gasteiger partial charge is 0.497 e. The molecule has 0 radical (unpaired) electrons. The molecule has 1 aromatic carbocycles. The summed E-state index contributed by atoms with van der Waals surface area (Å²) < 4.78 is 56.7. The highest BCUT2D eigenvalue weighted by Crippen LogP contribution is 2.34. The van der Waals surface area contributed by atoms with Crippen LogP contribution >= 0.6 is 0 Å². The van der Waals surface area contributed by atoms with Gasteiger partial charge in [0.1, 0.15) is 11.6 Å². The first-order valence-corrected chi connectivity index (χ1v) is 6.00. The molecule has 0 unspecified atom stereocenters. The smallest absolute Gasteiger partial charge is 0.416 e. The number of rotatable bonds is 4. The lowest BCUT2D eigenvalue weighted by molar-refractivity contribution is -0.138. The second kappa shape index (κ2) is 5.99. The van der Waals surface area contributed by atoms with E-state index in [1.165, 1.54) is 31.4 Å². The van der Waals surface area contributed by atoms with Gasteiger partial charge in [0, 0.05) is 6.54 Å². The standard InChI is InChI=1S/C14H12F4N2O/c1-21-10-6-5-9(11(7-10)14(16,17)18)8-19-13-4-2-3-12(15)20-13/h2-7H,8H2,1H3,(H,19,20). The zero-order valence-corrected chi connectivity index (χ0v) is 11.0. The molecule has 0 saturated heterocycles. The monoisotopic (exact) mass is 300 g/mol. The van der Waals surface area contributed by atoms with Gasteiger partial charge in [-0.3, -0.25) is 0 Å². The highest BCUT2D eigenvalue weighted by Gasteiger charge is 2.33. The number of halogens is 4. The number of nitrogens with zero attached hydrogens (tertiary/aromatic N) is 1. The van der Waals surface area contributed by atoms with Gasteiger partial charge < -0.3 is 10.1 Å². The molecule has 1 N–H and O–H groups in total. The van der Waals surface area contributed by atoms with Crippen LogP contribution in [0.4, 0.5) is 23.4 Å². The van der Waals surface area contributed by atoms with Crippen molar-refractivity contribution in [2.45, 2.75) is 12.7 Å². The summed E-state index contributed by atoms with van der Waals surface area (Å²) in [4.78, 5) is 3.53. The van der Waals surface area contributed by atoms with E-state index in [0.717, 1.165) is 12.1 Å². The summed E-state index contributed by atoms with van der Waals surface area (Å²) in [7, 11) is 1.30. The summed E-state index contributed by atoms with van der Waals surface area (Å²) in [6.45, 7) is -0.130. The Bertz CT molecular complexity index is 629. The number of benzene rings is 1. The van der Waals surface area contributed by atoms with Gasteiger partial charge >= 0.3 is 6.18 Å². The Hall–Kier alpha value is -2.31. The first-order chi connectivity index (χ1) is 9.90. The average molecular weight is 300 g/mol. The highest BCUT2D eigenvalue weighted by atomic mass is 19.4. The summed E-state index contributed by atoms with van der Waals surface area (Å²) in [6, 6.07) is 7.72. The first-order valence-electron chi connectivity index (χ1n) is 6.00. The number of nitrogens with one attached hydrogen (secondary N) is 1. The van der Waals surface area contributed by atoms with Crippen molar-refractivity contribution in [2.75, 3.05) is 12.4 Å². The van der Waals surface area contributed by atoms with E-state index in [9.17, 15) is 17.6 Å². The van der Waals surface area contributed by atoms with Crippen molar-refractivity contribution in [1.82, 2.24) is 4.98 Å². The Labute approximate surface area is 118 Å². The van der Waals surface area contributed by atoms with Crippen LogP contribution < -0.4 is 10.1 Å². The van der Waals surface area contributed by atoms with E-state index in [-0.39, 0.29) is 23.7 Å². The van der Waals surface area contributed by atoms with Gasteiger partial charge in [0.25, 0.3) is 0 Å². The lowest BCUT2D eigenvalue weighted by Crippen LogP contribution is -2.12. The molecule has 0 aliphatic carbocycles. The van der Waals surface area contributed by atoms with Crippen LogP contribution in [0, 0.1) is 5.95 Å². The lowest BCUT2D eigenvalue weighted by Gasteiger charge is -2.15. The van der Waals surface area contributed by atoms with E-state index < -0.39 is 17.7 Å². The summed E-state index contributed by atoms with van der Waals surface area (Å²) in [5, 5.41) is 2.66. The van der Waals surface area contributed by atoms with Crippen LogP contribution in [0.1, 0.15) is 11.1 Å². The minimum atomic E-state index is -4.50. The number of pyridine rings is 1. The van der Waals surface area contributed by atoms with Crippen molar-refractivity contribution in [3.05, 3.63) is 53.5 Å². The number of aromatic nitrogens is 1. The maximum atomic E-state index is 13.0. The minimum absolute atomic E-state index is 0.0226. The van der Waals surface area contributed by atoms with E-state index in [2.05, 4.69) is 10.3 Å². The third kappa shape index (κ3) is 3.84. The molecular weight excluding hydrogens is 288 g/mol. The van der Waals surface area contributed by atoms with E-state index in [1.54, 1.807) is 0 Å². The molecule has 0 atom stereocenters. The summed E-state index contributed by atoms with van der Waals surface area (Å²) in [6.07, 6.45) is -4.50.